The SMILES string of the molecule is COc1c(C2C(Nc3ccnc(C(N)=O)c3)OC(C(F)(F)F)C2C)ccc(F)c1F. The highest BCUT2D eigenvalue weighted by molar-refractivity contribution is 5.91. The molecule has 1 fully saturated rings. The van der Waals surface area contributed by atoms with Crippen molar-refractivity contribution >= 4 is 11.6 Å². The summed E-state index contributed by atoms with van der Waals surface area (Å²) in [5.41, 5.74) is 5.29. The van der Waals surface area contributed by atoms with Crippen LogP contribution < -0.4 is 15.8 Å². The van der Waals surface area contributed by atoms with Crippen LogP contribution in [0.15, 0.2) is 30.5 Å². The molecule has 30 heavy (non-hydrogen) atoms. The number of nitrogens with zero attached hydrogens (tertiary/aromatic N) is 1. The number of hydrogen-bond acceptors (Lipinski definition) is 5. The molecule has 2 aromatic rings. The van der Waals surface area contributed by atoms with Gasteiger partial charge in [-0.25, -0.2) is 4.39 Å². The van der Waals surface area contributed by atoms with E-state index in [1.165, 1.54) is 25.3 Å². The van der Waals surface area contributed by atoms with Gasteiger partial charge in [-0.15, -0.1) is 0 Å². The summed E-state index contributed by atoms with van der Waals surface area (Å²) >= 11 is 0. The van der Waals surface area contributed by atoms with Gasteiger partial charge in [0.1, 0.15) is 11.9 Å². The summed E-state index contributed by atoms with van der Waals surface area (Å²) in [6.07, 6.45) is -6.92. The summed E-state index contributed by atoms with van der Waals surface area (Å²) in [5, 5.41) is 2.76. The van der Waals surface area contributed by atoms with Crippen LogP contribution >= 0.6 is 0 Å². The number of amides is 1. The molecule has 1 aliphatic heterocycles. The Bertz CT molecular complexity index is 953. The predicted octanol–water partition coefficient (Wildman–Crippen LogP) is 3.59. The smallest absolute Gasteiger partial charge is 0.415 e. The standard InChI is InChI=1S/C19H18F5N3O3/c1-8-13(10-3-4-11(20)14(21)15(10)29-2)18(30-16(8)19(22,23)24)27-9-5-6-26-12(7-9)17(25)28/h3-8,13,16,18H,1-2H3,(H2,25,28)(H,26,27). The first-order chi connectivity index (χ1) is 14.0. The van der Waals surface area contributed by atoms with Crippen molar-refractivity contribution in [2.75, 3.05) is 12.4 Å². The maximum absolute atomic E-state index is 14.2. The zero-order valence-corrected chi connectivity index (χ0v) is 15.8. The largest absolute Gasteiger partial charge is 0.493 e. The van der Waals surface area contributed by atoms with Crippen LogP contribution in [0.4, 0.5) is 27.6 Å². The molecule has 162 valence electrons. The zero-order chi connectivity index (χ0) is 22.2. The van der Waals surface area contributed by atoms with Crippen molar-refractivity contribution in [3.8, 4) is 5.75 Å². The minimum atomic E-state index is -4.70. The Labute approximate surface area is 168 Å². The van der Waals surface area contributed by atoms with E-state index < -0.39 is 53.6 Å². The summed E-state index contributed by atoms with van der Waals surface area (Å²) in [5.74, 6) is -6.06. The molecule has 11 heteroatoms. The topological polar surface area (TPSA) is 86.5 Å². The van der Waals surface area contributed by atoms with E-state index in [1.54, 1.807) is 0 Å². The number of ether oxygens (including phenoxy) is 2. The second-order valence-electron chi connectivity index (χ2n) is 6.83. The van der Waals surface area contributed by atoms with Gasteiger partial charge in [-0.2, -0.15) is 17.6 Å². The van der Waals surface area contributed by atoms with Gasteiger partial charge < -0.3 is 20.5 Å². The van der Waals surface area contributed by atoms with Crippen molar-refractivity contribution in [3.05, 3.63) is 53.4 Å². The number of halogens is 5. The average molecular weight is 431 g/mol. The molecule has 0 saturated carbocycles. The molecule has 1 aromatic heterocycles. The van der Waals surface area contributed by atoms with E-state index in [9.17, 15) is 26.7 Å². The molecular formula is C19H18F5N3O3. The van der Waals surface area contributed by atoms with Gasteiger partial charge >= 0.3 is 6.18 Å². The maximum Gasteiger partial charge on any atom is 0.415 e. The summed E-state index contributed by atoms with van der Waals surface area (Å²) < 4.78 is 78.6. The summed E-state index contributed by atoms with van der Waals surface area (Å²) in [6, 6.07) is 4.63. The number of primary amides is 1. The Morgan fingerprint density at radius 2 is 1.97 bits per heavy atom. The Morgan fingerprint density at radius 3 is 2.57 bits per heavy atom. The first-order valence-corrected chi connectivity index (χ1v) is 8.81. The van der Waals surface area contributed by atoms with Gasteiger partial charge in [-0.05, 0) is 18.2 Å². The lowest BCUT2D eigenvalue weighted by Gasteiger charge is -2.25. The number of benzene rings is 1. The number of alkyl halides is 3. The van der Waals surface area contributed by atoms with Crippen molar-refractivity contribution in [2.45, 2.75) is 31.3 Å². The quantitative estimate of drug-likeness (QED) is 0.707. The molecule has 6 nitrogen and oxygen atoms in total. The molecule has 0 spiro atoms. The maximum atomic E-state index is 14.2. The molecule has 4 unspecified atom stereocenters. The number of pyridine rings is 1. The number of rotatable bonds is 5. The van der Waals surface area contributed by atoms with E-state index in [0.717, 1.165) is 19.2 Å². The third-order valence-electron chi connectivity index (χ3n) is 4.95. The number of aromatic nitrogens is 1. The predicted molar refractivity (Wildman–Crippen MR) is 95.9 cm³/mol. The number of anilines is 1. The van der Waals surface area contributed by atoms with E-state index >= 15 is 0 Å². The fourth-order valence-electron chi connectivity index (χ4n) is 3.61. The molecule has 0 bridgehead atoms. The summed E-state index contributed by atoms with van der Waals surface area (Å²) in [4.78, 5) is 15.1. The van der Waals surface area contributed by atoms with Crippen LogP contribution in [0, 0.1) is 17.6 Å². The van der Waals surface area contributed by atoms with Crippen LogP contribution in [-0.4, -0.2) is 36.5 Å². The molecule has 1 aliphatic rings. The lowest BCUT2D eigenvalue weighted by molar-refractivity contribution is -0.221. The Balaban J connectivity index is 2.05. The van der Waals surface area contributed by atoms with E-state index in [0.29, 0.717) is 0 Å². The Hall–Kier alpha value is -2.95. The van der Waals surface area contributed by atoms with Gasteiger partial charge in [0.25, 0.3) is 5.91 Å². The number of carbonyl (C=O) groups is 1. The minimum absolute atomic E-state index is 0.0114. The monoisotopic (exact) mass is 431 g/mol. The Kier molecular flexibility index (Phi) is 5.84. The van der Waals surface area contributed by atoms with Crippen molar-refractivity contribution < 1.29 is 36.2 Å². The van der Waals surface area contributed by atoms with Gasteiger partial charge in [-0.3, -0.25) is 9.78 Å². The molecule has 1 saturated heterocycles. The van der Waals surface area contributed by atoms with Crippen LogP contribution in [0.5, 0.6) is 5.75 Å². The highest BCUT2D eigenvalue weighted by atomic mass is 19.4. The molecule has 1 aromatic carbocycles. The van der Waals surface area contributed by atoms with E-state index in [1.807, 2.05) is 0 Å². The van der Waals surface area contributed by atoms with E-state index in [2.05, 4.69) is 10.3 Å². The molecule has 2 heterocycles. The molecule has 3 N–H and O–H groups in total. The van der Waals surface area contributed by atoms with Crippen LogP contribution in [0.2, 0.25) is 0 Å². The lowest BCUT2D eigenvalue weighted by atomic mass is 9.84. The van der Waals surface area contributed by atoms with Crippen molar-refractivity contribution in [3.63, 3.8) is 0 Å². The fraction of sp³-hybridized carbons (Fsp3) is 0.368. The minimum Gasteiger partial charge on any atom is -0.493 e. The first kappa shape index (κ1) is 21.8. The normalized spacial score (nSPS) is 24.0. The molecule has 1 amide bonds. The van der Waals surface area contributed by atoms with E-state index in [-0.39, 0.29) is 16.9 Å². The second kappa shape index (κ2) is 8.05. The molecule has 4 atom stereocenters. The first-order valence-electron chi connectivity index (χ1n) is 8.81. The number of carbonyl (C=O) groups excluding carboxylic acids is 1. The highest BCUT2D eigenvalue weighted by Crippen LogP contribution is 2.48. The number of methoxy groups -OCH3 is 1. The van der Waals surface area contributed by atoms with Gasteiger partial charge in [0.15, 0.2) is 17.7 Å². The highest BCUT2D eigenvalue weighted by Gasteiger charge is 2.55. The molecule has 0 aliphatic carbocycles. The van der Waals surface area contributed by atoms with Crippen molar-refractivity contribution in [2.24, 2.45) is 11.7 Å². The molecule has 0 radical (unpaired) electrons. The van der Waals surface area contributed by atoms with Gasteiger partial charge in [0.2, 0.25) is 5.82 Å². The van der Waals surface area contributed by atoms with Crippen LogP contribution in [0.1, 0.15) is 28.9 Å². The summed E-state index contributed by atoms with van der Waals surface area (Å²) in [6.45, 7) is 1.30. The lowest BCUT2D eigenvalue weighted by Crippen LogP contribution is -2.33. The number of nitrogens with two attached hydrogens (primary N) is 1. The third kappa shape index (κ3) is 4.02. The third-order valence-corrected chi connectivity index (χ3v) is 4.95. The fourth-order valence-corrected chi connectivity index (χ4v) is 3.61. The zero-order valence-electron chi connectivity index (χ0n) is 15.8. The van der Waals surface area contributed by atoms with Gasteiger partial charge in [0.05, 0.1) is 7.11 Å². The number of hydrogen-bond donors (Lipinski definition) is 2. The van der Waals surface area contributed by atoms with Crippen molar-refractivity contribution in [1.82, 2.24) is 4.98 Å². The van der Waals surface area contributed by atoms with Crippen LogP contribution in [-0.2, 0) is 4.74 Å². The number of nitrogens with one attached hydrogen (secondary N) is 1. The summed E-state index contributed by atoms with van der Waals surface area (Å²) in [7, 11) is 1.09. The molecular weight excluding hydrogens is 413 g/mol. The average Bonchev–Trinajstić information content (AvgIpc) is 3.00. The van der Waals surface area contributed by atoms with Gasteiger partial charge in [0, 0.05) is 29.3 Å². The van der Waals surface area contributed by atoms with Crippen molar-refractivity contribution in [1.29, 1.82) is 0 Å². The second-order valence-corrected chi connectivity index (χ2v) is 6.83. The van der Waals surface area contributed by atoms with Gasteiger partial charge in [-0.1, -0.05) is 13.0 Å². The van der Waals surface area contributed by atoms with E-state index in [4.69, 9.17) is 15.2 Å². The van der Waals surface area contributed by atoms with Crippen LogP contribution in [0.25, 0.3) is 0 Å². The Morgan fingerprint density at radius 1 is 1.27 bits per heavy atom. The molecule has 3 rings (SSSR count). The van der Waals surface area contributed by atoms with Crippen LogP contribution in [0.3, 0.4) is 0 Å².